The van der Waals surface area contributed by atoms with Gasteiger partial charge in [-0.1, -0.05) is 33.6 Å². The van der Waals surface area contributed by atoms with Gasteiger partial charge in [0.05, 0.1) is 6.20 Å². The maximum Gasteiger partial charge on any atom is 0.0540 e. The van der Waals surface area contributed by atoms with E-state index in [1.807, 2.05) is 10.9 Å². The van der Waals surface area contributed by atoms with Gasteiger partial charge in [-0.2, -0.15) is 5.10 Å². The second kappa shape index (κ2) is 4.81. The number of hydrogen-bond acceptors (Lipinski definition) is 2. The summed E-state index contributed by atoms with van der Waals surface area (Å²) in [5.74, 6) is 1.25. The molecule has 3 atom stereocenters. The minimum Gasteiger partial charge on any atom is -0.321 e. The molecule has 0 radical (unpaired) electrons. The fourth-order valence-corrected chi connectivity index (χ4v) is 3.06. The first-order valence-corrected chi connectivity index (χ1v) is 6.89. The molecule has 1 aliphatic carbocycles. The summed E-state index contributed by atoms with van der Waals surface area (Å²) >= 11 is 0. The van der Waals surface area contributed by atoms with Gasteiger partial charge in [-0.25, -0.2) is 0 Å². The van der Waals surface area contributed by atoms with Crippen LogP contribution in [0.15, 0.2) is 12.4 Å². The fraction of sp³-hybridized carbons (Fsp3) is 0.786. The first-order valence-electron chi connectivity index (χ1n) is 6.89. The molecular formula is C14H25N3. The van der Waals surface area contributed by atoms with Crippen LogP contribution in [-0.4, -0.2) is 9.78 Å². The highest BCUT2D eigenvalue weighted by Crippen LogP contribution is 2.42. The molecule has 1 aliphatic rings. The summed E-state index contributed by atoms with van der Waals surface area (Å²) in [5.41, 5.74) is 7.73. The highest BCUT2D eigenvalue weighted by molar-refractivity contribution is 5.20. The molecule has 96 valence electrons. The van der Waals surface area contributed by atoms with E-state index in [0.717, 1.165) is 19.4 Å². The fourth-order valence-electron chi connectivity index (χ4n) is 3.06. The van der Waals surface area contributed by atoms with Crippen LogP contribution in [0, 0.1) is 11.8 Å². The molecule has 1 heterocycles. The topological polar surface area (TPSA) is 43.8 Å². The Morgan fingerprint density at radius 2 is 2.29 bits per heavy atom. The molecule has 2 rings (SSSR count). The van der Waals surface area contributed by atoms with Gasteiger partial charge in [-0.05, 0) is 24.7 Å². The minimum atomic E-state index is -0.163. The molecule has 0 spiro atoms. The zero-order valence-electron chi connectivity index (χ0n) is 11.3. The second-order valence-corrected chi connectivity index (χ2v) is 5.69. The van der Waals surface area contributed by atoms with Crippen molar-refractivity contribution in [1.29, 1.82) is 0 Å². The summed E-state index contributed by atoms with van der Waals surface area (Å²) < 4.78 is 2.02. The molecule has 0 amide bonds. The molecule has 0 aromatic carbocycles. The van der Waals surface area contributed by atoms with E-state index >= 15 is 0 Å². The van der Waals surface area contributed by atoms with Crippen LogP contribution in [0.2, 0.25) is 0 Å². The van der Waals surface area contributed by atoms with E-state index in [1.54, 1.807) is 0 Å². The van der Waals surface area contributed by atoms with Crippen molar-refractivity contribution in [3.05, 3.63) is 18.0 Å². The summed E-state index contributed by atoms with van der Waals surface area (Å²) in [7, 11) is 0. The average Bonchev–Trinajstić information content (AvgIpc) is 2.75. The Morgan fingerprint density at radius 3 is 3.00 bits per heavy atom. The van der Waals surface area contributed by atoms with Gasteiger partial charge in [0.25, 0.3) is 0 Å². The first kappa shape index (κ1) is 12.6. The van der Waals surface area contributed by atoms with Crippen molar-refractivity contribution in [2.45, 2.75) is 58.5 Å². The normalized spacial score (nSPS) is 33.9. The van der Waals surface area contributed by atoms with Crippen molar-refractivity contribution in [3.63, 3.8) is 0 Å². The maximum absolute atomic E-state index is 6.67. The van der Waals surface area contributed by atoms with Gasteiger partial charge in [0.1, 0.15) is 0 Å². The number of hydrogen-bond donors (Lipinski definition) is 1. The second-order valence-electron chi connectivity index (χ2n) is 5.69. The van der Waals surface area contributed by atoms with Crippen molar-refractivity contribution in [3.8, 4) is 0 Å². The van der Waals surface area contributed by atoms with E-state index in [4.69, 9.17) is 5.73 Å². The Labute approximate surface area is 104 Å². The Hall–Kier alpha value is -0.830. The summed E-state index contributed by atoms with van der Waals surface area (Å²) in [4.78, 5) is 0. The highest BCUT2D eigenvalue weighted by Gasteiger charge is 2.40. The predicted molar refractivity (Wildman–Crippen MR) is 70.6 cm³/mol. The lowest BCUT2D eigenvalue weighted by molar-refractivity contribution is 0.143. The van der Waals surface area contributed by atoms with Crippen LogP contribution < -0.4 is 5.73 Å². The minimum absolute atomic E-state index is 0.163. The molecule has 0 aliphatic heterocycles. The summed E-state index contributed by atoms with van der Waals surface area (Å²) in [6.45, 7) is 7.77. The zero-order chi connectivity index (χ0) is 12.5. The molecule has 0 saturated heterocycles. The van der Waals surface area contributed by atoms with E-state index in [0.29, 0.717) is 11.8 Å². The summed E-state index contributed by atoms with van der Waals surface area (Å²) in [5, 5.41) is 4.42. The van der Waals surface area contributed by atoms with Crippen molar-refractivity contribution in [1.82, 2.24) is 9.78 Å². The first-order chi connectivity index (χ1) is 8.08. The average molecular weight is 235 g/mol. The van der Waals surface area contributed by atoms with Crippen LogP contribution in [0.25, 0.3) is 0 Å². The van der Waals surface area contributed by atoms with Crippen molar-refractivity contribution in [2.24, 2.45) is 17.6 Å². The molecule has 3 unspecified atom stereocenters. The maximum atomic E-state index is 6.67. The predicted octanol–water partition coefficient (Wildman–Crippen LogP) is 2.90. The highest BCUT2D eigenvalue weighted by atomic mass is 15.3. The number of aromatic nitrogens is 2. The third-order valence-electron chi connectivity index (χ3n) is 4.54. The van der Waals surface area contributed by atoms with E-state index in [2.05, 4.69) is 32.1 Å². The van der Waals surface area contributed by atoms with Crippen LogP contribution in [0.4, 0.5) is 0 Å². The van der Waals surface area contributed by atoms with Crippen LogP contribution in [0.1, 0.15) is 52.0 Å². The van der Waals surface area contributed by atoms with Gasteiger partial charge >= 0.3 is 0 Å². The molecular weight excluding hydrogens is 210 g/mol. The number of aryl methyl sites for hydroxylation is 1. The van der Waals surface area contributed by atoms with Gasteiger partial charge in [0.2, 0.25) is 0 Å². The van der Waals surface area contributed by atoms with Crippen molar-refractivity contribution in [2.75, 3.05) is 0 Å². The summed E-state index contributed by atoms with van der Waals surface area (Å²) in [6, 6.07) is 0. The molecule has 1 saturated carbocycles. The summed E-state index contributed by atoms with van der Waals surface area (Å²) in [6.07, 6.45) is 8.88. The van der Waals surface area contributed by atoms with Gasteiger partial charge in [-0.15, -0.1) is 0 Å². The monoisotopic (exact) mass is 235 g/mol. The lowest BCUT2D eigenvalue weighted by Gasteiger charge is -2.42. The number of nitrogens with zero attached hydrogens (tertiary/aromatic N) is 2. The lowest BCUT2D eigenvalue weighted by atomic mass is 9.66. The third-order valence-corrected chi connectivity index (χ3v) is 4.54. The van der Waals surface area contributed by atoms with E-state index in [1.165, 1.54) is 18.4 Å². The molecule has 3 heteroatoms. The third kappa shape index (κ3) is 2.25. The van der Waals surface area contributed by atoms with Gasteiger partial charge in [0, 0.05) is 23.8 Å². The Morgan fingerprint density at radius 1 is 1.53 bits per heavy atom. The van der Waals surface area contributed by atoms with Crippen LogP contribution >= 0.6 is 0 Å². The molecule has 1 fully saturated rings. The Kier molecular flexibility index (Phi) is 3.57. The van der Waals surface area contributed by atoms with Crippen LogP contribution in [-0.2, 0) is 12.1 Å². The van der Waals surface area contributed by atoms with Crippen molar-refractivity contribution < 1.29 is 0 Å². The number of rotatable bonds is 3. The van der Waals surface area contributed by atoms with E-state index in [9.17, 15) is 0 Å². The van der Waals surface area contributed by atoms with Crippen LogP contribution in [0.3, 0.4) is 0 Å². The number of nitrogens with two attached hydrogens (primary N) is 1. The van der Waals surface area contributed by atoms with Gasteiger partial charge in [-0.3, -0.25) is 4.68 Å². The lowest BCUT2D eigenvalue weighted by Crippen LogP contribution is -2.47. The Bertz CT molecular complexity index is 371. The van der Waals surface area contributed by atoms with Gasteiger partial charge in [0.15, 0.2) is 0 Å². The van der Waals surface area contributed by atoms with E-state index < -0.39 is 0 Å². The SMILES string of the molecule is CCCn1cc(C2(N)CCCC(C)C2C)cn1. The quantitative estimate of drug-likeness (QED) is 0.875. The Balaban J connectivity index is 2.23. The largest absolute Gasteiger partial charge is 0.321 e. The molecule has 3 nitrogen and oxygen atoms in total. The van der Waals surface area contributed by atoms with Gasteiger partial charge < -0.3 is 5.73 Å². The molecule has 2 N–H and O–H groups in total. The molecule has 0 bridgehead atoms. The van der Waals surface area contributed by atoms with E-state index in [-0.39, 0.29) is 5.54 Å². The molecule has 17 heavy (non-hydrogen) atoms. The van der Waals surface area contributed by atoms with Crippen LogP contribution in [0.5, 0.6) is 0 Å². The standard InChI is InChI=1S/C14H25N3/c1-4-8-17-10-13(9-16-17)14(15)7-5-6-11(2)12(14)3/h9-12H,4-8,15H2,1-3H3. The zero-order valence-corrected chi connectivity index (χ0v) is 11.3. The molecule has 1 aromatic heterocycles. The smallest absolute Gasteiger partial charge is 0.0540 e. The molecule has 1 aromatic rings. The van der Waals surface area contributed by atoms with Crippen molar-refractivity contribution >= 4 is 0 Å².